The number of aryl methyl sites for hydroxylation is 1. The second-order valence-corrected chi connectivity index (χ2v) is 10.8. The van der Waals surface area contributed by atoms with E-state index in [0.29, 0.717) is 44.3 Å². The normalized spacial score (nSPS) is 12.9. The second kappa shape index (κ2) is 11.4. The van der Waals surface area contributed by atoms with E-state index in [2.05, 4.69) is 26.7 Å². The molecule has 3 N–H and O–H groups in total. The van der Waals surface area contributed by atoms with Crippen molar-refractivity contribution >= 4 is 34.4 Å². The van der Waals surface area contributed by atoms with Gasteiger partial charge in [0, 0.05) is 34.3 Å². The zero-order valence-corrected chi connectivity index (χ0v) is 23.7. The molecule has 1 aliphatic carbocycles. The van der Waals surface area contributed by atoms with Crippen molar-refractivity contribution in [1.82, 2.24) is 9.97 Å². The zero-order valence-electron chi connectivity index (χ0n) is 23.7. The van der Waals surface area contributed by atoms with E-state index in [1.54, 1.807) is 55.5 Å². The third-order valence-corrected chi connectivity index (χ3v) is 7.57. The number of nitriles is 1. The fourth-order valence-corrected chi connectivity index (χ4v) is 5.01. The lowest BCUT2D eigenvalue weighted by molar-refractivity contribution is -0.137. The van der Waals surface area contributed by atoms with Crippen LogP contribution in [0.1, 0.15) is 39.9 Å². The third kappa shape index (κ3) is 6.03. The molecular formula is C34H24F3N5O3. The van der Waals surface area contributed by atoms with Crippen LogP contribution in [0.2, 0.25) is 0 Å². The number of carbonyl (C=O) groups is 2. The first kappa shape index (κ1) is 29.3. The average Bonchev–Trinajstić information content (AvgIpc) is 3.87. The van der Waals surface area contributed by atoms with Crippen LogP contribution in [0.3, 0.4) is 0 Å². The summed E-state index contributed by atoms with van der Waals surface area (Å²) in [4.78, 5) is 34.4. The molecule has 1 aliphatic rings. The van der Waals surface area contributed by atoms with E-state index in [1.165, 1.54) is 18.3 Å². The number of rotatable bonds is 6. The minimum absolute atomic E-state index is 0.0182. The molecule has 5 aromatic rings. The number of alkyl halides is 3. The quantitative estimate of drug-likeness (QED) is 0.184. The number of hydrogen-bond acceptors (Lipinski definition) is 6. The van der Waals surface area contributed by atoms with E-state index in [1.807, 2.05) is 0 Å². The van der Waals surface area contributed by atoms with Gasteiger partial charge in [-0.25, -0.2) is 9.97 Å². The number of hydrogen-bond donors (Lipinski definition) is 3. The molecule has 0 spiro atoms. The first-order valence-electron chi connectivity index (χ1n) is 14.0. The molecule has 0 bridgehead atoms. The summed E-state index contributed by atoms with van der Waals surface area (Å²) in [5.41, 5.74) is 2.45. The zero-order chi connectivity index (χ0) is 31.9. The van der Waals surface area contributed by atoms with Gasteiger partial charge in [-0.15, -0.1) is 0 Å². The van der Waals surface area contributed by atoms with Gasteiger partial charge in [-0.05, 0) is 85.0 Å². The number of anilines is 2. The Bertz CT molecular complexity index is 2030. The van der Waals surface area contributed by atoms with Gasteiger partial charge in [0.1, 0.15) is 5.75 Å². The van der Waals surface area contributed by atoms with Crippen molar-refractivity contribution < 1.29 is 27.9 Å². The number of amides is 2. The van der Waals surface area contributed by atoms with Crippen LogP contribution in [-0.4, -0.2) is 26.9 Å². The van der Waals surface area contributed by atoms with Crippen molar-refractivity contribution in [3.8, 4) is 34.1 Å². The lowest BCUT2D eigenvalue weighted by Gasteiger charge is -2.17. The van der Waals surface area contributed by atoms with Gasteiger partial charge in [-0.2, -0.15) is 18.4 Å². The van der Waals surface area contributed by atoms with Gasteiger partial charge in [0.2, 0.25) is 11.9 Å². The number of fused-ring (bicyclic) bond motifs is 1. The molecule has 1 fully saturated rings. The molecular weight excluding hydrogens is 583 g/mol. The van der Waals surface area contributed by atoms with Crippen LogP contribution in [-0.2, 0) is 11.0 Å². The van der Waals surface area contributed by atoms with Crippen molar-refractivity contribution in [2.24, 2.45) is 5.92 Å². The highest BCUT2D eigenvalue weighted by molar-refractivity contribution is 6.07. The minimum Gasteiger partial charge on any atom is -0.507 e. The maximum atomic E-state index is 13.2. The van der Waals surface area contributed by atoms with E-state index in [4.69, 9.17) is 0 Å². The number of nitrogens with one attached hydrogen (secondary N) is 2. The van der Waals surface area contributed by atoms with Gasteiger partial charge in [-0.1, -0.05) is 24.3 Å². The van der Waals surface area contributed by atoms with Crippen LogP contribution in [0.15, 0.2) is 79.0 Å². The summed E-state index contributed by atoms with van der Waals surface area (Å²) < 4.78 is 39.6. The van der Waals surface area contributed by atoms with E-state index >= 15 is 0 Å². The SMILES string of the molecule is Cc1ccc(C(=O)Nc2cccc(C(F)(F)F)c2)cc1-c1cc2cnc(NC(=O)C3CC3)nc2c(-c2ccc(C#N)cc2)c1O. The Morgan fingerprint density at radius 1 is 0.978 bits per heavy atom. The van der Waals surface area contributed by atoms with Crippen LogP contribution in [0.5, 0.6) is 5.75 Å². The maximum Gasteiger partial charge on any atom is 0.416 e. The Morgan fingerprint density at radius 2 is 1.73 bits per heavy atom. The molecule has 11 heteroatoms. The van der Waals surface area contributed by atoms with Gasteiger partial charge in [0.25, 0.3) is 5.91 Å². The Kier molecular flexibility index (Phi) is 7.42. The highest BCUT2D eigenvalue weighted by Crippen LogP contribution is 2.44. The second-order valence-electron chi connectivity index (χ2n) is 10.8. The van der Waals surface area contributed by atoms with Gasteiger partial charge in [0.05, 0.1) is 28.3 Å². The summed E-state index contributed by atoms with van der Waals surface area (Å²) in [5.74, 6) is -0.956. The van der Waals surface area contributed by atoms with Gasteiger partial charge in [0.15, 0.2) is 0 Å². The lowest BCUT2D eigenvalue weighted by Crippen LogP contribution is -2.15. The van der Waals surface area contributed by atoms with Gasteiger partial charge in [-0.3, -0.25) is 14.9 Å². The van der Waals surface area contributed by atoms with Gasteiger partial charge < -0.3 is 10.4 Å². The highest BCUT2D eigenvalue weighted by Gasteiger charge is 2.31. The molecule has 0 atom stereocenters. The number of nitrogens with zero attached hydrogens (tertiary/aromatic N) is 3. The predicted molar refractivity (Wildman–Crippen MR) is 162 cm³/mol. The molecule has 6 rings (SSSR count). The summed E-state index contributed by atoms with van der Waals surface area (Å²) in [6, 6.07) is 19.4. The van der Waals surface area contributed by atoms with Crippen LogP contribution in [0, 0.1) is 24.2 Å². The summed E-state index contributed by atoms with van der Waals surface area (Å²) >= 11 is 0. The Balaban J connectivity index is 1.44. The molecule has 2 amide bonds. The van der Waals surface area contributed by atoms with E-state index in [-0.39, 0.29) is 34.8 Å². The molecule has 45 heavy (non-hydrogen) atoms. The molecule has 4 aromatic carbocycles. The fraction of sp³-hybridized carbons (Fsp3) is 0.147. The maximum absolute atomic E-state index is 13.2. The highest BCUT2D eigenvalue weighted by atomic mass is 19.4. The van der Waals surface area contributed by atoms with Crippen molar-refractivity contribution in [3.05, 3.63) is 101 Å². The number of aromatic nitrogens is 2. The first-order chi connectivity index (χ1) is 21.5. The van der Waals surface area contributed by atoms with Crippen molar-refractivity contribution in [2.45, 2.75) is 25.9 Å². The summed E-state index contributed by atoms with van der Waals surface area (Å²) in [6.45, 7) is 1.79. The summed E-state index contributed by atoms with van der Waals surface area (Å²) in [5, 5.41) is 26.8. The number of phenols is 1. The molecule has 1 saturated carbocycles. The topological polar surface area (TPSA) is 128 Å². The Morgan fingerprint density at radius 3 is 2.42 bits per heavy atom. The lowest BCUT2D eigenvalue weighted by atomic mass is 9.91. The number of carbonyl (C=O) groups excluding carboxylic acids is 2. The fourth-order valence-electron chi connectivity index (χ4n) is 5.01. The van der Waals surface area contributed by atoms with Gasteiger partial charge >= 0.3 is 6.18 Å². The standard InChI is InChI=1S/C34H24F3N5O3/c1-18-5-8-22(32(45)40-25-4-2-3-24(15-25)34(35,36)37)13-26(18)27-14-23-17-39-33(42-31(44)21-11-12-21)41-29(23)28(30(27)43)20-9-6-19(16-38)7-10-20/h2-10,13-15,17,21,43H,11-12H2,1H3,(H,40,45)(H,39,41,42,44). The molecule has 1 heterocycles. The third-order valence-electron chi connectivity index (χ3n) is 7.57. The minimum atomic E-state index is -4.56. The van der Waals surface area contributed by atoms with Crippen molar-refractivity contribution in [2.75, 3.05) is 10.6 Å². The summed E-state index contributed by atoms with van der Waals surface area (Å²) in [7, 11) is 0. The number of phenolic OH excluding ortho intramolecular Hbond substituents is 1. The predicted octanol–water partition coefficient (Wildman–Crippen LogP) is 7.47. The molecule has 0 aliphatic heterocycles. The van der Waals surface area contributed by atoms with Crippen LogP contribution in [0.4, 0.5) is 24.8 Å². The van der Waals surface area contributed by atoms with Crippen LogP contribution >= 0.6 is 0 Å². The number of benzene rings is 4. The monoisotopic (exact) mass is 607 g/mol. The summed E-state index contributed by atoms with van der Waals surface area (Å²) in [6.07, 6.45) is -1.43. The van der Waals surface area contributed by atoms with E-state index in [9.17, 15) is 33.1 Å². The van der Waals surface area contributed by atoms with Crippen molar-refractivity contribution in [3.63, 3.8) is 0 Å². The molecule has 1 aromatic heterocycles. The molecule has 0 unspecified atom stereocenters. The Hall–Kier alpha value is -5.76. The number of halogens is 3. The Labute approximate surface area is 255 Å². The van der Waals surface area contributed by atoms with E-state index in [0.717, 1.165) is 25.0 Å². The van der Waals surface area contributed by atoms with Crippen LogP contribution < -0.4 is 10.6 Å². The first-order valence-corrected chi connectivity index (χ1v) is 14.0. The smallest absolute Gasteiger partial charge is 0.416 e. The molecule has 8 nitrogen and oxygen atoms in total. The molecule has 0 saturated heterocycles. The average molecular weight is 608 g/mol. The van der Waals surface area contributed by atoms with Crippen molar-refractivity contribution in [1.29, 1.82) is 5.26 Å². The van der Waals surface area contributed by atoms with Crippen LogP contribution in [0.25, 0.3) is 33.2 Å². The number of aromatic hydroxyl groups is 1. The molecule has 224 valence electrons. The largest absolute Gasteiger partial charge is 0.507 e. The van der Waals surface area contributed by atoms with E-state index < -0.39 is 17.6 Å². The molecule has 0 radical (unpaired) electrons.